The van der Waals surface area contributed by atoms with E-state index < -0.39 is 22.8 Å². The van der Waals surface area contributed by atoms with Crippen molar-refractivity contribution in [3.8, 4) is 17.2 Å². The van der Waals surface area contributed by atoms with Crippen LogP contribution in [0.2, 0.25) is 10.0 Å². The molecule has 0 aliphatic rings. The van der Waals surface area contributed by atoms with E-state index in [1.54, 1.807) is 0 Å². The first-order valence-corrected chi connectivity index (χ1v) is 10.5. The minimum Gasteiger partial charge on any atom is -0.494 e. The number of halogens is 8. The van der Waals surface area contributed by atoms with Gasteiger partial charge in [-0.25, -0.2) is 0 Å². The topological polar surface area (TPSA) is 27.7 Å². The summed E-state index contributed by atoms with van der Waals surface area (Å²) in [6.45, 7) is 0.543. The molecule has 0 aliphatic heterocycles. The lowest BCUT2D eigenvalue weighted by atomic mass is 10.2. The molecule has 0 saturated carbocycles. The molecule has 0 amide bonds. The Hall–Kier alpha value is -1.71. The Bertz CT molecular complexity index is 864. The molecule has 0 spiro atoms. The van der Waals surface area contributed by atoms with Crippen LogP contribution in [-0.2, 0) is 6.18 Å². The molecule has 31 heavy (non-hydrogen) atoms. The van der Waals surface area contributed by atoms with E-state index in [9.17, 15) is 22.0 Å². The number of unbranched alkanes of at least 4 members (excludes halogenated alkanes) is 1. The molecule has 11 heteroatoms. The van der Waals surface area contributed by atoms with Gasteiger partial charge in [-0.3, -0.25) is 0 Å². The van der Waals surface area contributed by atoms with Crippen LogP contribution in [0.3, 0.4) is 0 Å². The zero-order chi connectivity index (χ0) is 23.0. The Morgan fingerprint density at radius 1 is 0.935 bits per heavy atom. The highest BCUT2D eigenvalue weighted by Gasteiger charge is 2.30. The van der Waals surface area contributed by atoms with Crippen LogP contribution in [0, 0.1) is 0 Å². The molecule has 0 aromatic heterocycles. The fourth-order valence-corrected chi connectivity index (χ4v) is 3.31. The lowest BCUT2D eigenvalue weighted by Crippen LogP contribution is -2.06. The van der Waals surface area contributed by atoms with Gasteiger partial charge in [-0.1, -0.05) is 23.2 Å². The molecule has 0 fully saturated rings. The van der Waals surface area contributed by atoms with Gasteiger partial charge in [-0.2, -0.15) is 22.0 Å². The first-order chi connectivity index (χ1) is 14.6. The summed E-state index contributed by atoms with van der Waals surface area (Å²) in [5.41, 5.74) is -0.740. The zero-order valence-electron chi connectivity index (χ0n) is 15.7. The second-order valence-electron chi connectivity index (χ2n) is 6.07. The van der Waals surface area contributed by atoms with Crippen molar-refractivity contribution < 1.29 is 36.2 Å². The van der Waals surface area contributed by atoms with E-state index in [1.807, 2.05) is 0 Å². The highest BCUT2D eigenvalue weighted by atomic mass is 79.9. The van der Waals surface area contributed by atoms with Crippen LogP contribution in [0.4, 0.5) is 22.0 Å². The molecular formula is C20H16BrCl2F5O3. The third kappa shape index (κ3) is 8.74. The first-order valence-electron chi connectivity index (χ1n) is 8.81. The van der Waals surface area contributed by atoms with E-state index in [0.29, 0.717) is 24.7 Å². The van der Waals surface area contributed by atoms with Gasteiger partial charge in [0.15, 0.2) is 10.8 Å². The SMILES string of the molecule is FC(F)=CC(Br)Oc1cc(Cl)c(OCCCCOc2ccc(C(F)(F)F)cc2)c(Cl)c1. The number of ether oxygens (including phenoxy) is 3. The predicted molar refractivity (Wildman–Crippen MR) is 112 cm³/mol. The van der Waals surface area contributed by atoms with Crippen LogP contribution in [-0.4, -0.2) is 18.2 Å². The summed E-state index contributed by atoms with van der Waals surface area (Å²) in [5.74, 6) is 0.729. The first kappa shape index (κ1) is 25.5. The summed E-state index contributed by atoms with van der Waals surface area (Å²) in [4.78, 5) is 0. The summed E-state index contributed by atoms with van der Waals surface area (Å²) in [6, 6.07) is 7.20. The average molecular weight is 550 g/mol. The molecule has 0 radical (unpaired) electrons. The molecule has 0 bridgehead atoms. The maximum atomic E-state index is 12.5. The summed E-state index contributed by atoms with van der Waals surface area (Å²) < 4.78 is 78.2. The molecule has 170 valence electrons. The van der Waals surface area contributed by atoms with Gasteiger partial charge in [0.05, 0.1) is 28.8 Å². The minimum absolute atomic E-state index is 0.146. The average Bonchev–Trinajstić information content (AvgIpc) is 2.65. The van der Waals surface area contributed by atoms with Crippen LogP contribution in [0.5, 0.6) is 17.2 Å². The molecule has 2 aromatic carbocycles. The normalized spacial score (nSPS) is 12.3. The van der Waals surface area contributed by atoms with E-state index in [4.69, 9.17) is 37.4 Å². The molecule has 1 atom stereocenters. The summed E-state index contributed by atoms with van der Waals surface area (Å²) in [6.07, 6.45) is -4.58. The lowest BCUT2D eigenvalue weighted by Gasteiger charge is -2.14. The molecular weight excluding hydrogens is 534 g/mol. The number of alkyl halides is 4. The molecule has 2 aromatic rings. The lowest BCUT2D eigenvalue weighted by molar-refractivity contribution is -0.137. The van der Waals surface area contributed by atoms with Crippen molar-refractivity contribution in [1.82, 2.24) is 0 Å². The molecule has 2 rings (SSSR count). The van der Waals surface area contributed by atoms with Gasteiger partial charge in [0.2, 0.25) is 0 Å². The van der Waals surface area contributed by atoms with Gasteiger partial charge >= 0.3 is 6.18 Å². The number of hydrogen-bond donors (Lipinski definition) is 0. The van der Waals surface area contributed by atoms with Crippen molar-refractivity contribution in [3.05, 3.63) is 64.2 Å². The summed E-state index contributed by atoms with van der Waals surface area (Å²) in [7, 11) is 0. The highest BCUT2D eigenvalue weighted by Crippen LogP contribution is 2.37. The highest BCUT2D eigenvalue weighted by molar-refractivity contribution is 9.09. The standard InChI is InChI=1S/C20H16BrCl2F5O3/c21-17(11-18(24)25)31-14-9-15(22)19(16(23)10-14)30-8-2-1-7-29-13-5-3-12(4-6-13)20(26,27)28/h3-6,9-11,17H,1-2,7-8H2. The third-order valence-corrected chi connectivity index (χ3v) is 4.73. The van der Waals surface area contributed by atoms with Crippen LogP contribution in [0.1, 0.15) is 18.4 Å². The van der Waals surface area contributed by atoms with E-state index in [2.05, 4.69) is 15.9 Å². The Balaban J connectivity index is 1.76. The Labute approximate surface area is 193 Å². The van der Waals surface area contributed by atoms with Crippen LogP contribution in [0.15, 0.2) is 48.6 Å². The monoisotopic (exact) mass is 548 g/mol. The van der Waals surface area contributed by atoms with Gasteiger partial charge in [0, 0.05) is 18.2 Å². The van der Waals surface area contributed by atoms with Gasteiger partial charge < -0.3 is 14.2 Å². The zero-order valence-corrected chi connectivity index (χ0v) is 18.8. The van der Waals surface area contributed by atoms with Crippen molar-refractivity contribution in [2.75, 3.05) is 13.2 Å². The Morgan fingerprint density at radius 2 is 1.48 bits per heavy atom. The van der Waals surface area contributed by atoms with Crippen molar-refractivity contribution in [2.24, 2.45) is 0 Å². The smallest absolute Gasteiger partial charge is 0.416 e. The Kier molecular flexibility index (Phi) is 9.71. The van der Waals surface area contributed by atoms with Gasteiger partial charge in [0.1, 0.15) is 11.5 Å². The maximum Gasteiger partial charge on any atom is 0.416 e. The Morgan fingerprint density at radius 3 is 2.00 bits per heavy atom. The van der Waals surface area contributed by atoms with E-state index >= 15 is 0 Å². The maximum absolute atomic E-state index is 12.5. The second-order valence-corrected chi connectivity index (χ2v) is 7.78. The van der Waals surface area contributed by atoms with Gasteiger partial charge in [-0.15, -0.1) is 0 Å². The van der Waals surface area contributed by atoms with Crippen molar-refractivity contribution in [2.45, 2.75) is 24.0 Å². The molecule has 3 nitrogen and oxygen atoms in total. The van der Waals surface area contributed by atoms with Gasteiger partial charge in [-0.05, 0) is 53.0 Å². The number of rotatable bonds is 10. The second kappa shape index (κ2) is 11.8. The van der Waals surface area contributed by atoms with Crippen LogP contribution >= 0.6 is 39.1 Å². The minimum atomic E-state index is -4.39. The van der Waals surface area contributed by atoms with Crippen LogP contribution in [0.25, 0.3) is 0 Å². The fourth-order valence-electron chi connectivity index (χ4n) is 2.31. The predicted octanol–water partition coefficient (Wildman–Crippen LogP) is 8.13. The van der Waals surface area contributed by atoms with E-state index in [1.165, 1.54) is 24.3 Å². The third-order valence-electron chi connectivity index (χ3n) is 3.71. The molecule has 1 unspecified atom stereocenters. The molecule has 0 heterocycles. The van der Waals surface area contributed by atoms with Gasteiger partial charge in [0.25, 0.3) is 6.08 Å². The van der Waals surface area contributed by atoms with E-state index in [0.717, 1.165) is 12.1 Å². The number of hydrogen-bond acceptors (Lipinski definition) is 3. The summed E-state index contributed by atoms with van der Waals surface area (Å²) >= 11 is 15.2. The van der Waals surface area contributed by atoms with E-state index in [-0.39, 0.29) is 34.8 Å². The quantitative estimate of drug-likeness (QED) is 0.170. The molecule has 0 aliphatic carbocycles. The number of benzene rings is 2. The largest absolute Gasteiger partial charge is 0.494 e. The molecule has 0 saturated heterocycles. The van der Waals surface area contributed by atoms with Crippen molar-refractivity contribution in [3.63, 3.8) is 0 Å². The van der Waals surface area contributed by atoms with Crippen molar-refractivity contribution >= 4 is 39.1 Å². The molecule has 0 N–H and O–H groups in total. The van der Waals surface area contributed by atoms with Crippen LogP contribution < -0.4 is 14.2 Å². The summed E-state index contributed by atoms with van der Waals surface area (Å²) in [5, 5.41) is -0.762. The van der Waals surface area contributed by atoms with Crippen molar-refractivity contribution in [1.29, 1.82) is 0 Å². The fraction of sp³-hybridized carbons (Fsp3) is 0.300.